The van der Waals surface area contributed by atoms with Crippen LogP contribution in [0.5, 0.6) is 0 Å². The molecule has 2 heterocycles. The number of H-pyrrole nitrogens is 1. The monoisotopic (exact) mass is 314 g/mol. The molecule has 0 spiro atoms. The van der Waals surface area contributed by atoms with Crippen molar-refractivity contribution in [2.45, 2.75) is 0 Å². The molecule has 0 atom stereocenters. The van der Waals surface area contributed by atoms with E-state index >= 15 is 0 Å². The molecular weight excluding hydrogens is 305 g/mol. The predicted molar refractivity (Wildman–Crippen MR) is 61.2 cm³/mol. The number of carboxylic acid groups (broad SMARTS) is 2. The van der Waals surface area contributed by atoms with Crippen molar-refractivity contribution in [3.63, 3.8) is 0 Å². The maximum atomic E-state index is 10.0. The summed E-state index contributed by atoms with van der Waals surface area (Å²) in [6, 6.07) is 4.62. The Labute approximate surface area is 124 Å². The van der Waals surface area contributed by atoms with Crippen molar-refractivity contribution < 1.29 is 36.9 Å². The van der Waals surface area contributed by atoms with Gasteiger partial charge in [0.25, 0.3) is 0 Å². The molecule has 0 bridgehead atoms. The molecule has 1 N–H and O–H groups in total. The van der Waals surface area contributed by atoms with E-state index in [9.17, 15) is 19.8 Å². The van der Waals surface area contributed by atoms with Crippen LogP contribution in [0.25, 0.3) is 6.08 Å². The SMILES string of the molecule is O=C([O-])C=Cc1c[nH]cn1.O=C([O-])c1ccccn1.[Mn+2]. The van der Waals surface area contributed by atoms with Crippen molar-refractivity contribution in [2.24, 2.45) is 0 Å². The van der Waals surface area contributed by atoms with Crippen LogP contribution in [0.3, 0.4) is 0 Å². The summed E-state index contributed by atoms with van der Waals surface area (Å²) in [4.78, 5) is 29.8. The number of aliphatic carboxylic acids is 1. The standard InChI is InChI=1S/C6H6N2O2.C6H5NO2.Mn/c9-6(10)2-1-5-3-7-4-8-5;8-6(9)5-3-1-2-4-7-5;/h1-4H,(H,7,8)(H,9,10);1-4H,(H,8,9);/q;;+2/p-2. The fourth-order valence-corrected chi connectivity index (χ4v) is 1.000. The van der Waals surface area contributed by atoms with Gasteiger partial charge in [0.2, 0.25) is 0 Å². The molecule has 0 aliphatic rings. The minimum absolute atomic E-state index is 0. The van der Waals surface area contributed by atoms with Crippen molar-refractivity contribution in [1.29, 1.82) is 0 Å². The third kappa shape index (κ3) is 7.10. The Hall–Kier alpha value is -2.44. The van der Waals surface area contributed by atoms with Crippen molar-refractivity contribution in [3.8, 4) is 0 Å². The molecule has 8 heteroatoms. The second-order valence-corrected chi connectivity index (χ2v) is 3.15. The van der Waals surface area contributed by atoms with Crippen LogP contribution in [0.2, 0.25) is 0 Å². The Morgan fingerprint density at radius 1 is 1.20 bits per heavy atom. The van der Waals surface area contributed by atoms with Gasteiger partial charge < -0.3 is 24.8 Å². The van der Waals surface area contributed by atoms with Crippen LogP contribution in [-0.4, -0.2) is 26.9 Å². The number of hydrogen-bond acceptors (Lipinski definition) is 6. The minimum Gasteiger partial charge on any atom is -0.545 e. The second-order valence-electron chi connectivity index (χ2n) is 3.15. The molecule has 0 aliphatic heterocycles. The Balaban J connectivity index is 0.000000345. The number of aromatic amines is 1. The average molecular weight is 314 g/mol. The summed E-state index contributed by atoms with van der Waals surface area (Å²) in [5.74, 6) is -2.46. The van der Waals surface area contributed by atoms with Gasteiger partial charge in [-0.25, -0.2) is 4.98 Å². The summed E-state index contributed by atoms with van der Waals surface area (Å²) < 4.78 is 0. The Morgan fingerprint density at radius 2 is 1.95 bits per heavy atom. The van der Waals surface area contributed by atoms with E-state index in [0.29, 0.717) is 5.69 Å². The quantitative estimate of drug-likeness (QED) is 0.550. The van der Waals surface area contributed by atoms with Crippen LogP contribution in [0.4, 0.5) is 0 Å². The predicted octanol–water partition coefficient (Wildman–Crippen LogP) is -1.38. The summed E-state index contributed by atoms with van der Waals surface area (Å²) in [7, 11) is 0. The van der Waals surface area contributed by atoms with E-state index < -0.39 is 11.9 Å². The molecule has 0 aliphatic carbocycles. The van der Waals surface area contributed by atoms with Crippen LogP contribution in [0.15, 0.2) is 43.0 Å². The third-order valence-corrected chi connectivity index (χ3v) is 1.78. The van der Waals surface area contributed by atoms with E-state index in [2.05, 4.69) is 15.0 Å². The number of aromatic carboxylic acids is 1. The number of nitrogens with one attached hydrogen (secondary N) is 1. The molecule has 0 saturated carbocycles. The van der Waals surface area contributed by atoms with Crippen molar-refractivity contribution in [1.82, 2.24) is 15.0 Å². The zero-order chi connectivity index (χ0) is 14.1. The van der Waals surface area contributed by atoms with Gasteiger partial charge in [-0.1, -0.05) is 6.07 Å². The number of nitrogens with zero attached hydrogens (tertiary/aromatic N) is 2. The maximum Gasteiger partial charge on any atom is 2.00 e. The maximum absolute atomic E-state index is 10.0. The fourth-order valence-electron chi connectivity index (χ4n) is 1.000. The first-order chi connectivity index (χ1) is 9.09. The van der Waals surface area contributed by atoms with Gasteiger partial charge in [-0.15, -0.1) is 0 Å². The molecule has 103 valence electrons. The van der Waals surface area contributed by atoms with E-state index in [1.54, 1.807) is 18.3 Å². The van der Waals surface area contributed by atoms with Gasteiger partial charge in [0.05, 0.1) is 29.7 Å². The summed E-state index contributed by atoms with van der Waals surface area (Å²) >= 11 is 0. The first-order valence-corrected chi connectivity index (χ1v) is 5.10. The van der Waals surface area contributed by atoms with Crippen LogP contribution in [-0.2, 0) is 21.9 Å². The normalized spacial score (nSPS) is 9.20. The van der Waals surface area contributed by atoms with Crippen LogP contribution in [0, 0.1) is 0 Å². The van der Waals surface area contributed by atoms with Gasteiger partial charge in [0, 0.05) is 12.4 Å². The molecule has 1 radical (unpaired) electrons. The summed E-state index contributed by atoms with van der Waals surface area (Å²) in [5.41, 5.74) is 0.543. The number of imidazole rings is 1. The molecule has 2 aromatic heterocycles. The number of carbonyl (C=O) groups excluding carboxylic acids is 2. The summed E-state index contributed by atoms with van der Waals surface area (Å²) in [6.45, 7) is 0. The number of carbonyl (C=O) groups is 2. The first-order valence-electron chi connectivity index (χ1n) is 5.10. The summed E-state index contributed by atoms with van der Waals surface area (Å²) in [6.07, 6.45) is 6.74. The molecule has 0 unspecified atom stereocenters. The van der Waals surface area contributed by atoms with Crippen LogP contribution in [0.1, 0.15) is 16.2 Å². The van der Waals surface area contributed by atoms with Gasteiger partial charge >= 0.3 is 17.1 Å². The minimum atomic E-state index is -1.24. The number of aromatic nitrogens is 3. The number of pyridine rings is 1. The Morgan fingerprint density at radius 3 is 2.35 bits per heavy atom. The van der Waals surface area contributed by atoms with Crippen molar-refractivity contribution in [3.05, 3.63) is 54.4 Å². The van der Waals surface area contributed by atoms with E-state index in [0.717, 1.165) is 6.08 Å². The molecule has 0 aromatic carbocycles. The van der Waals surface area contributed by atoms with E-state index in [1.165, 1.54) is 24.7 Å². The van der Waals surface area contributed by atoms with E-state index in [-0.39, 0.29) is 22.8 Å². The Bertz CT molecular complexity index is 555. The molecule has 0 fully saturated rings. The van der Waals surface area contributed by atoms with Gasteiger partial charge in [-0.05, 0) is 24.3 Å². The van der Waals surface area contributed by atoms with Gasteiger partial charge in [-0.3, -0.25) is 4.98 Å². The largest absolute Gasteiger partial charge is 2.00 e. The van der Waals surface area contributed by atoms with Crippen molar-refractivity contribution >= 4 is 18.0 Å². The molecule has 7 nitrogen and oxygen atoms in total. The number of rotatable bonds is 3. The molecule has 20 heavy (non-hydrogen) atoms. The second kappa shape index (κ2) is 9.48. The zero-order valence-electron chi connectivity index (χ0n) is 10.0. The van der Waals surface area contributed by atoms with E-state index in [4.69, 9.17) is 0 Å². The van der Waals surface area contributed by atoms with Gasteiger partial charge in [0.1, 0.15) is 0 Å². The zero-order valence-corrected chi connectivity index (χ0v) is 11.2. The smallest absolute Gasteiger partial charge is 0.545 e. The van der Waals surface area contributed by atoms with Crippen LogP contribution >= 0.6 is 0 Å². The molecule has 2 rings (SSSR count). The molecule has 0 saturated heterocycles. The topological polar surface area (TPSA) is 122 Å². The van der Waals surface area contributed by atoms with Gasteiger partial charge in [0.15, 0.2) is 0 Å². The number of hydrogen-bond donors (Lipinski definition) is 1. The molecule has 2 aromatic rings. The Kier molecular flexibility index (Phi) is 8.33. The number of carboxylic acids is 2. The van der Waals surface area contributed by atoms with E-state index in [1.807, 2.05) is 0 Å². The van der Waals surface area contributed by atoms with Crippen molar-refractivity contribution in [2.75, 3.05) is 0 Å². The van der Waals surface area contributed by atoms with Gasteiger partial charge in [-0.2, -0.15) is 0 Å². The van der Waals surface area contributed by atoms with Crippen LogP contribution < -0.4 is 10.2 Å². The average Bonchev–Trinajstić information content (AvgIpc) is 2.91. The summed E-state index contributed by atoms with van der Waals surface area (Å²) in [5, 5.41) is 19.9. The molecular formula is C12H9MnN3O4. The molecule has 0 amide bonds. The fraction of sp³-hybridized carbons (Fsp3) is 0. The first kappa shape index (κ1) is 17.6. The third-order valence-electron chi connectivity index (χ3n) is 1.78.